The summed E-state index contributed by atoms with van der Waals surface area (Å²) < 4.78 is 5.43. The summed E-state index contributed by atoms with van der Waals surface area (Å²) in [5, 5.41) is 12.5. The lowest BCUT2D eigenvalue weighted by molar-refractivity contribution is -0.0445. The van der Waals surface area contributed by atoms with Gasteiger partial charge in [-0.1, -0.05) is 19.9 Å². The van der Waals surface area contributed by atoms with Gasteiger partial charge in [-0.2, -0.15) is 0 Å². The van der Waals surface area contributed by atoms with Crippen molar-refractivity contribution in [1.29, 1.82) is 0 Å². The number of benzene rings is 1. The molecule has 5 atom stereocenters. The lowest BCUT2D eigenvalue weighted by atomic mass is 9.73. The average molecular weight is 367 g/mol. The van der Waals surface area contributed by atoms with Crippen LogP contribution in [0.1, 0.15) is 50.0 Å². The van der Waals surface area contributed by atoms with E-state index in [4.69, 9.17) is 9.72 Å². The molecule has 4 nitrogen and oxygen atoms in total. The van der Waals surface area contributed by atoms with E-state index in [0.717, 1.165) is 47.4 Å². The number of ether oxygens (including phenoxy) is 1. The maximum atomic E-state index is 11.5. The first kappa shape index (κ1) is 18.5. The molecule has 3 aliphatic rings. The minimum atomic E-state index is -0.520. The van der Waals surface area contributed by atoms with Gasteiger partial charge in [-0.3, -0.25) is 9.88 Å². The fourth-order valence-corrected chi connectivity index (χ4v) is 4.83. The number of aromatic nitrogens is 1. The summed E-state index contributed by atoms with van der Waals surface area (Å²) in [6, 6.07) is 8.21. The smallest absolute Gasteiger partial charge is 0.119 e. The van der Waals surface area contributed by atoms with Crippen LogP contribution in [0.2, 0.25) is 0 Å². The first-order valence-electron chi connectivity index (χ1n) is 10.0. The van der Waals surface area contributed by atoms with Crippen molar-refractivity contribution < 1.29 is 9.84 Å². The van der Waals surface area contributed by atoms with Gasteiger partial charge in [0.05, 0.1) is 18.7 Å². The van der Waals surface area contributed by atoms with E-state index in [2.05, 4.69) is 37.5 Å². The molecule has 1 N–H and O–H groups in total. The summed E-state index contributed by atoms with van der Waals surface area (Å²) in [7, 11) is 1.68. The Morgan fingerprint density at radius 1 is 1.33 bits per heavy atom. The SMILES string of the molecule is C=CC1CN2CCC1CC2[C@@H](O)c1cc(C(C)C)nc2ccc(OC)cc12. The van der Waals surface area contributed by atoms with Gasteiger partial charge in [-0.05, 0) is 67.0 Å². The topological polar surface area (TPSA) is 45.6 Å². The second-order valence-electron chi connectivity index (χ2n) is 8.37. The van der Waals surface area contributed by atoms with E-state index in [9.17, 15) is 5.11 Å². The minimum absolute atomic E-state index is 0.164. The van der Waals surface area contributed by atoms with Gasteiger partial charge < -0.3 is 9.84 Å². The molecular formula is C23H30N2O2. The molecule has 3 saturated heterocycles. The molecule has 0 spiro atoms. The normalized spacial score (nSPS) is 28.5. The van der Waals surface area contributed by atoms with Crippen LogP contribution in [-0.2, 0) is 0 Å². The van der Waals surface area contributed by atoms with Crippen molar-refractivity contribution in [1.82, 2.24) is 9.88 Å². The number of hydrogen-bond acceptors (Lipinski definition) is 4. The molecule has 0 aliphatic carbocycles. The summed E-state index contributed by atoms with van der Waals surface area (Å²) in [5.74, 6) is 2.31. The Hall–Kier alpha value is -1.91. The van der Waals surface area contributed by atoms with Crippen molar-refractivity contribution in [2.75, 3.05) is 20.2 Å². The highest BCUT2D eigenvalue weighted by Crippen LogP contribution is 2.42. The number of rotatable bonds is 5. The standard InChI is InChI=1S/C23H30N2O2/c1-5-15-13-25-9-8-16(15)10-22(25)23(26)19-12-21(14(2)3)24-20-7-6-17(27-4)11-18(19)20/h5-7,11-12,14-16,22-23,26H,1,8-10,13H2,2-4H3/t15?,16?,22?,23-/m0/s1. The van der Waals surface area contributed by atoms with Crippen LogP contribution >= 0.6 is 0 Å². The van der Waals surface area contributed by atoms with Crippen LogP contribution < -0.4 is 4.74 Å². The highest BCUT2D eigenvalue weighted by Gasteiger charge is 2.42. The zero-order chi connectivity index (χ0) is 19.1. The Morgan fingerprint density at radius 3 is 2.78 bits per heavy atom. The largest absolute Gasteiger partial charge is 0.497 e. The number of piperidine rings is 3. The van der Waals surface area contributed by atoms with Crippen molar-refractivity contribution in [3.63, 3.8) is 0 Å². The first-order valence-corrected chi connectivity index (χ1v) is 10.0. The molecule has 4 heterocycles. The quantitative estimate of drug-likeness (QED) is 0.802. The molecule has 2 aromatic rings. The molecule has 1 aromatic carbocycles. The molecule has 2 bridgehead atoms. The summed E-state index contributed by atoms with van der Waals surface area (Å²) in [6.07, 6.45) is 3.82. The summed E-state index contributed by atoms with van der Waals surface area (Å²) >= 11 is 0. The van der Waals surface area contributed by atoms with Gasteiger partial charge in [-0.15, -0.1) is 6.58 Å². The van der Waals surface area contributed by atoms with Crippen molar-refractivity contribution >= 4 is 10.9 Å². The van der Waals surface area contributed by atoms with Gasteiger partial charge in [0.25, 0.3) is 0 Å². The highest BCUT2D eigenvalue weighted by atomic mass is 16.5. The molecule has 0 radical (unpaired) electrons. The molecule has 4 unspecified atom stereocenters. The third-order valence-corrected chi connectivity index (χ3v) is 6.50. The zero-order valence-corrected chi connectivity index (χ0v) is 16.6. The van der Waals surface area contributed by atoms with Crippen molar-refractivity contribution in [3.8, 4) is 5.75 Å². The second-order valence-corrected chi connectivity index (χ2v) is 8.37. The number of hydrogen-bond donors (Lipinski definition) is 1. The molecule has 1 aromatic heterocycles. The maximum absolute atomic E-state index is 11.5. The third kappa shape index (κ3) is 3.26. The number of aliphatic hydroxyl groups excluding tert-OH is 1. The van der Waals surface area contributed by atoms with Crippen LogP contribution in [0, 0.1) is 11.8 Å². The molecule has 0 amide bonds. The van der Waals surface area contributed by atoms with E-state index in [1.54, 1.807) is 7.11 Å². The fourth-order valence-electron chi connectivity index (χ4n) is 4.83. The number of methoxy groups -OCH3 is 1. The van der Waals surface area contributed by atoms with Crippen LogP contribution in [-0.4, -0.2) is 41.2 Å². The third-order valence-electron chi connectivity index (χ3n) is 6.50. The number of pyridine rings is 1. The van der Waals surface area contributed by atoms with E-state index >= 15 is 0 Å². The van der Waals surface area contributed by atoms with Crippen molar-refractivity contribution in [3.05, 3.63) is 48.2 Å². The Morgan fingerprint density at radius 2 is 2.15 bits per heavy atom. The summed E-state index contributed by atoms with van der Waals surface area (Å²) in [5.41, 5.74) is 2.94. The lowest BCUT2D eigenvalue weighted by Crippen LogP contribution is -2.54. The number of aliphatic hydroxyl groups is 1. The van der Waals surface area contributed by atoms with Gasteiger partial charge in [0.15, 0.2) is 0 Å². The van der Waals surface area contributed by atoms with Gasteiger partial charge in [0.2, 0.25) is 0 Å². The van der Waals surface area contributed by atoms with Crippen LogP contribution in [0.25, 0.3) is 10.9 Å². The molecule has 27 heavy (non-hydrogen) atoms. The average Bonchev–Trinajstić information content (AvgIpc) is 2.71. The van der Waals surface area contributed by atoms with Gasteiger partial charge in [0.1, 0.15) is 5.75 Å². The number of nitrogens with zero attached hydrogens (tertiary/aromatic N) is 2. The Bertz CT molecular complexity index is 848. The van der Waals surface area contributed by atoms with Crippen molar-refractivity contribution in [2.45, 2.75) is 44.8 Å². The first-order chi connectivity index (χ1) is 13.0. The van der Waals surface area contributed by atoms with Crippen LogP contribution in [0.4, 0.5) is 0 Å². The summed E-state index contributed by atoms with van der Waals surface area (Å²) in [4.78, 5) is 7.27. The minimum Gasteiger partial charge on any atom is -0.497 e. The lowest BCUT2D eigenvalue weighted by Gasteiger charge is -2.50. The Labute approximate surface area is 161 Å². The predicted octanol–water partition coefficient (Wildman–Crippen LogP) is 4.30. The van der Waals surface area contributed by atoms with Crippen molar-refractivity contribution in [2.24, 2.45) is 11.8 Å². The van der Waals surface area contributed by atoms with E-state index in [1.807, 2.05) is 18.2 Å². The highest BCUT2D eigenvalue weighted by molar-refractivity contribution is 5.84. The molecule has 144 valence electrons. The van der Waals surface area contributed by atoms with Crippen LogP contribution in [0.5, 0.6) is 5.75 Å². The Kier molecular flexibility index (Phi) is 4.95. The molecule has 3 aliphatic heterocycles. The molecular weight excluding hydrogens is 336 g/mol. The van der Waals surface area contributed by atoms with Gasteiger partial charge in [0, 0.05) is 23.7 Å². The van der Waals surface area contributed by atoms with Crippen LogP contribution in [0.3, 0.4) is 0 Å². The van der Waals surface area contributed by atoms with E-state index in [-0.39, 0.29) is 6.04 Å². The summed E-state index contributed by atoms with van der Waals surface area (Å²) in [6.45, 7) is 10.4. The van der Waals surface area contributed by atoms with E-state index in [0.29, 0.717) is 17.8 Å². The maximum Gasteiger partial charge on any atom is 0.119 e. The van der Waals surface area contributed by atoms with Gasteiger partial charge >= 0.3 is 0 Å². The zero-order valence-electron chi connectivity index (χ0n) is 16.6. The molecule has 4 heteroatoms. The van der Waals surface area contributed by atoms with E-state index < -0.39 is 6.10 Å². The molecule has 3 fully saturated rings. The monoisotopic (exact) mass is 366 g/mol. The van der Waals surface area contributed by atoms with Crippen LogP contribution in [0.15, 0.2) is 36.9 Å². The predicted molar refractivity (Wildman–Crippen MR) is 109 cm³/mol. The molecule has 0 saturated carbocycles. The van der Waals surface area contributed by atoms with E-state index in [1.165, 1.54) is 6.42 Å². The fraction of sp³-hybridized carbons (Fsp3) is 0.522. The number of fused-ring (bicyclic) bond motifs is 4. The second kappa shape index (κ2) is 7.25. The Balaban J connectivity index is 1.76. The molecule has 5 rings (SSSR count). The van der Waals surface area contributed by atoms with Gasteiger partial charge in [-0.25, -0.2) is 0 Å².